The SMILES string of the molecule is Cc1ccccc1C1CC(C)N(C(=O)c2ccc(CN)cc2)C1. The van der Waals surface area contributed by atoms with Gasteiger partial charge in [0.1, 0.15) is 0 Å². The molecule has 0 spiro atoms. The molecule has 2 atom stereocenters. The summed E-state index contributed by atoms with van der Waals surface area (Å²) in [5.74, 6) is 0.552. The number of hydrogen-bond donors (Lipinski definition) is 1. The van der Waals surface area contributed by atoms with Gasteiger partial charge in [0.05, 0.1) is 0 Å². The summed E-state index contributed by atoms with van der Waals surface area (Å²) >= 11 is 0. The molecule has 3 rings (SSSR count). The van der Waals surface area contributed by atoms with Gasteiger partial charge >= 0.3 is 0 Å². The van der Waals surface area contributed by atoms with E-state index < -0.39 is 0 Å². The molecule has 1 heterocycles. The lowest BCUT2D eigenvalue weighted by Gasteiger charge is -2.22. The lowest BCUT2D eigenvalue weighted by molar-refractivity contribution is 0.0746. The molecule has 0 saturated carbocycles. The van der Waals surface area contributed by atoms with E-state index in [1.807, 2.05) is 29.2 Å². The van der Waals surface area contributed by atoms with Crippen LogP contribution in [0.2, 0.25) is 0 Å². The minimum absolute atomic E-state index is 0.122. The van der Waals surface area contributed by atoms with Gasteiger partial charge in [-0.3, -0.25) is 4.79 Å². The Balaban J connectivity index is 1.78. The maximum absolute atomic E-state index is 12.8. The van der Waals surface area contributed by atoms with Crippen LogP contribution < -0.4 is 5.73 Å². The zero-order valence-corrected chi connectivity index (χ0v) is 13.8. The predicted octanol–water partition coefficient (Wildman–Crippen LogP) is 3.47. The maximum Gasteiger partial charge on any atom is 0.254 e. The van der Waals surface area contributed by atoms with Gasteiger partial charge in [0.2, 0.25) is 0 Å². The first-order valence-electron chi connectivity index (χ1n) is 8.25. The number of benzene rings is 2. The molecule has 1 aliphatic heterocycles. The first-order chi connectivity index (χ1) is 11.1. The van der Waals surface area contributed by atoms with Crippen LogP contribution in [-0.2, 0) is 6.54 Å². The average Bonchev–Trinajstić information content (AvgIpc) is 2.96. The molecule has 23 heavy (non-hydrogen) atoms. The van der Waals surface area contributed by atoms with Crippen molar-refractivity contribution in [2.24, 2.45) is 5.73 Å². The number of nitrogens with two attached hydrogens (primary N) is 1. The number of carbonyl (C=O) groups excluding carboxylic acids is 1. The summed E-state index contributed by atoms with van der Waals surface area (Å²) in [7, 11) is 0. The van der Waals surface area contributed by atoms with Gasteiger partial charge in [-0.15, -0.1) is 0 Å². The van der Waals surface area contributed by atoms with Crippen molar-refractivity contribution in [3.8, 4) is 0 Å². The molecule has 1 amide bonds. The second-order valence-corrected chi connectivity index (χ2v) is 6.50. The largest absolute Gasteiger partial charge is 0.335 e. The fourth-order valence-corrected chi connectivity index (χ4v) is 3.53. The summed E-state index contributed by atoms with van der Waals surface area (Å²) in [6.07, 6.45) is 1.03. The zero-order chi connectivity index (χ0) is 16.4. The van der Waals surface area contributed by atoms with Crippen molar-refractivity contribution in [1.82, 2.24) is 4.90 Å². The van der Waals surface area contributed by atoms with Gasteiger partial charge in [0.25, 0.3) is 5.91 Å². The predicted molar refractivity (Wildman–Crippen MR) is 93.4 cm³/mol. The molecular weight excluding hydrogens is 284 g/mol. The molecular formula is C20H24N2O. The average molecular weight is 308 g/mol. The van der Waals surface area contributed by atoms with Crippen molar-refractivity contribution < 1.29 is 4.79 Å². The number of aryl methyl sites for hydroxylation is 1. The van der Waals surface area contributed by atoms with Crippen LogP contribution in [0, 0.1) is 6.92 Å². The minimum atomic E-state index is 0.122. The van der Waals surface area contributed by atoms with Crippen LogP contribution in [0.25, 0.3) is 0 Å². The van der Waals surface area contributed by atoms with E-state index in [0.717, 1.165) is 24.1 Å². The Morgan fingerprint density at radius 1 is 1.17 bits per heavy atom. The second-order valence-electron chi connectivity index (χ2n) is 6.50. The van der Waals surface area contributed by atoms with E-state index in [9.17, 15) is 4.79 Å². The summed E-state index contributed by atoms with van der Waals surface area (Å²) < 4.78 is 0. The van der Waals surface area contributed by atoms with Crippen molar-refractivity contribution >= 4 is 5.91 Å². The molecule has 3 nitrogen and oxygen atoms in total. The van der Waals surface area contributed by atoms with Crippen LogP contribution in [0.1, 0.15) is 46.3 Å². The molecule has 2 N–H and O–H groups in total. The van der Waals surface area contributed by atoms with E-state index in [1.165, 1.54) is 11.1 Å². The highest BCUT2D eigenvalue weighted by Gasteiger charge is 2.34. The summed E-state index contributed by atoms with van der Waals surface area (Å²) in [6, 6.07) is 16.4. The normalized spacial score (nSPS) is 20.7. The topological polar surface area (TPSA) is 46.3 Å². The van der Waals surface area contributed by atoms with E-state index in [-0.39, 0.29) is 11.9 Å². The molecule has 2 aromatic rings. The smallest absolute Gasteiger partial charge is 0.254 e. The molecule has 0 aromatic heterocycles. The van der Waals surface area contributed by atoms with Crippen molar-refractivity contribution in [3.63, 3.8) is 0 Å². The van der Waals surface area contributed by atoms with Crippen LogP contribution in [0.4, 0.5) is 0 Å². The number of likely N-dealkylation sites (tertiary alicyclic amines) is 1. The molecule has 0 aliphatic carbocycles. The number of carbonyl (C=O) groups is 1. The first kappa shape index (κ1) is 15.8. The van der Waals surface area contributed by atoms with Crippen LogP contribution in [-0.4, -0.2) is 23.4 Å². The molecule has 1 saturated heterocycles. The quantitative estimate of drug-likeness (QED) is 0.943. The Morgan fingerprint density at radius 2 is 1.87 bits per heavy atom. The monoisotopic (exact) mass is 308 g/mol. The third-order valence-corrected chi connectivity index (χ3v) is 4.90. The van der Waals surface area contributed by atoms with Crippen LogP contribution >= 0.6 is 0 Å². The Kier molecular flexibility index (Phi) is 4.49. The summed E-state index contributed by atoms with van der Waals surface area (Å²) in [5.41, 5.74) is 10.1. The van der Waals surface area contributed by atoms with Crippen LogP contribution in [0.5, 0.6) is 0 Å². The van der Waals surface area contributed by atoms with Gasteiger partial charge in [0, 0.05) is 30.6 Å². The van der Waals surface area contributed by atoms with E-state index in [2.05, 4.69) is 38.1 Å². The fourth-order valence-electron chi connectivity index (χ4n) is 3.53. The number of hydrogen-bond acceptors (Lipinski definition) is 2. The molecule has 1 aliphatic rings. The van der Waals surface area contributed by atoms with E-state index >= 15 is 0 Å². The van der Waals surface area contributed by atoms with Gasteiger partial charge in [0.15, 0.2) is 0 Å². The highest BCUT2D eigenvalue weighted by Crippen LogP contribution is 2.34. The van der Waals surface area contributed by atoms with Gasteiger partial charge in [-0.1, -0.05) is 36.4 Å². The number of amides is 1. The first-order valence-corrected chi connectivity index (χ1v) is 8.25. The number of nitrogens with zero attached hydrogens (tertiary/aromatic N) is 1. The highest BCUT2D eigenvalue weighted by molar-refractivity contribution is 5.94. The molecule has 3 heteroatoms. The zero-order valence-electron chi connectivity index (χ0n) is 13.8. The summed E-state index contributed by atoms with van der Waals surface area (Å²) in [4.78, 5) is 14.8. The fraction of sp³-hybridized carbons (Fsp3) is 0.350. The summed E-state index contributed by atoms with van der Waals surface area (Å²) in [6.45, 7) is 5.59. The van der Waals surface area contributed by atoms with E-state index in [4.69, 9.17) is 5.73 Å². The molecule has 0 radical (unpaired) electrons. The maximum atomic E-state index is 12.8. The van der Waals surface area contributed by atoms with Gasteiger partial charge < -0.3 is 10.6 Å². The lowest BCUT2D eigenvalue weighted by atomic mass is 9.93. The van der Waals surface area contributed by atoms with E-state index in [1.54, 1.807) is 0 Å². The molecule has 2 aromatic carbocycles. The third-order valence-electron chi connectivity index (χ3n) is 4.90. The Bertz CT molecular complexity index is 693. The Morgan fingerprint density at radius 3 is 2.52 bits per heavy atom. The molecule has 0 bridgehead atoms. The Hall–Kier alpha value is -2.13. The van der Waals surface area contributed by atoms with Gasteiger partial charge in [-0.25, -0.2) is 0 Å². The number of rotatable bonds is 3. The van der Waals surface area contributed by atoms with Crippen molar-refractivity contribution in [2.45, 2.75) is 38.8 Å². The second kappa shape index (κ2) is 6.55. The molecule has 2 unspecified atom stereocenters. The van der Waals surface area contributed by atoms with Gasteiger partial charge in [-0.2, -0.15) is 0 Å². The molecule has 120 valence electrons. The third kappa shape index (κ3) is 3.15. The van der Waals surface area contributed by atoms with Crippen molar-refractivity contribution in [2.75, 3.05) is 6.54 Å². The van der Waals surface area contributed by atoms with Gasteiger partial charge in [-0.05, 0) is 49.1 Å². The van der Waals surface area contributed by atoms with E-state index in [0.29, 0.717) is 12.5 Å². The van der Waals surface area contributed by atoms with Crippen LogP contribution in [0.3, 0.4) is 0 Å². The van der Waals surface area contributed by atoms with Crippen molar-refractivity contribution in [3.05, 3.63) is 70.8 Å². The molecule has 1 fully saturated rings. The minimum Gasteiger partial charge on any atom is -0.335 e. The highest BCUT2D eigenvalue weighted by atomic mass is 16.2. The standard InChI is InChI=1S/C20H24N2O/c1-14-5-3-4-6-19(14)18-11-15(2)22(13-18)20(23)17-9-7-16(12-21)8-10-17/h3-10,15,18H,11-13,21H2,1-2H3. The van der Waals surface area contributed by atoms with Crippen LogP contribution in [0.15, 0.2) is 48.5 Å². The summed E-state index contributed by atoms with van der Waals surface area (Å²) in [5, 5.41) is 0. The lowest BCUT2D eigenvalue weighted by Crippen LogP contribution is -2.33. The van der Waals surface area contributed by atoms with Crippen molar-refractivity contribution in [1.29, 1.82) is 0 Å². The Labute approximate surface area is 138 Å².